The molecule has 100 valence electrons. The van der Waals surface area contributed by atoms with Gasteiger partial charge in [-0.25, -0.2) is 10.8 Å². The van der Waals surface area contributed by atoms with E-state index in [-0.39, 0.29) is 0 Å². The lowest BCUT2D eigenvalue weighted by atomic mass is 9.85. The number of hydrazine groups is 1. The third-order valence-corrected chi connectivity index (χ3v) is 3.83. The van der Waals surface area contributed by atoms with Crippen molar-refractivity contribution in [2.75, 3.05) is 23.9 Å². The minimum atomic E-state index is 0.467. The zero-order chi connectivity index (χ0) is 13.2. The average molecular weight is 257 g/mol. The first kappa shape index (κ1) is 12.2. The minimum Gasteiger partial charge on any atom is -0.359 e. The number of aromatic nitrogens is 2. The fraction of sp³-hybridized carbons (Fsp3) is 0.429. The maximum atomic E-state index is 5.45. The molecule has 0 radical (unpaired) electrons. The van der Waals surface area contributed by atoms with E-state index in [1.54, 1.807) is 0 Å². The minimum absolute atomic E-state index is 0.467. The van der Waals surface area contributed by atoms with Gasteiger partial charge in [0, 0.05) is 19.0 Å². The van der Waals surface area contributed by atoms with E-state index in [0.29, 0.717) is 5.95 Å². The highest BCUT2D eigenvalue weighted by atomic mass is 15.3. The van der Waals surface area contributed by atoms with E-state index in [1.165, 1.54) is 19.3 Å². The molecule has 1 aliphatic carbocycles. The van der Waals surface area contributed by atoms with Gasteiger partial charge in [-0.05, 0) is 30.9 Å². The second kappa shape index (κ2) is 5.01. The molecule has 3 rings (SSSR count). The first-order chi connectivity index (χ1) is 9.28. The summed E-state index contributed by atoms with van der Waals surface area (Å²) in [6, 6.07) is 8.04. The number of anilines is 2. The summed E-state index contributed by atoms with van der Waals surface area (Å²) < 4.78 is 0. The fourth-order valence-electron chi connectivity index (χ4n) is 2.56. The van der Waals surface area contributed by atoms with Crippen molar-refractivity contribution >= 4 is 22.7 Å². The van der Waals surface area contributed by atoms with E-state index in [9.17, 15) is 0 Å². The molecule has 1 aliphatic rings. The van der Waals surface area contributed by atoms with E-state index in [4.69, 9.17) is 5.84 Å². The summed E-state index contributed by atoms with van der Waals surface area (Å²) in [4.78, 5) is 11.1. The standard InChI is InChI=1S/C14H19N5/c1-19(9-10-5-4-6-10)13-11-7-2-3-8-12(11)16-14(17-13)18-15/h2-3,7-8,10H,4-6,9,15H2,1H3,(H,16,17,18). The second-order valence-corrected chi connectivity index (χ2v) is 5.21. The van der Waals surface area contributed by atoms with Crippen LogP contribution >= 0.6 is 0 Å². The van der Waals surface area contributed by atoms with E-state index in [0.717, 1.165) is 29.2 Å². The number of nitrogens with zero attached hydrogens (tertiary/aromatic N) is 3. The van der Waals surface area contributed by atoms with Crippen LogP contribution in [0.15, 0.2) is 24.3 Å². The van der Waals surface area contributed by atoms with Crippen LogP contribution < -0.4 is 16.2 Å². The van der Waals surface area contributed by atoms with Crippen LogP contribution in [0.3, 0.4) is 0 Å². The van der Waals surface area contributed by atoms with E-state index < -0.39 is 0 Å². The van der Waals surface area contributed by atoms with Gasteiger partial charge in [-0.3, -0.25) is 5.43 Å². The monoisotopic (exact) mass is 257 g/mol. The molecular weight excluding hydrogens is 238 g/mol. The molecule has 0 unspecified atom stereocenters. The van der Waals surface area contributed by atoms with Crippen molar-refractivity contribution in [1.29, 1.82) is 0 Å². The number of nitrogen functional groups attached to an aromatic ring is 1. The van der Waals surface area contributed by atoms with Crippen molar-refractivity contribution in [3.8, 4) is 0 Å². The summed E-state index contributed by atoms with van der Waals surface area (Å²) >= 11 is 0. The van der Waals surface area contributed by atoms with Gasteiger partial charge in [-0.15, -0.1) is 0 Å². The predicted molar refractivity (Wildman–Crippen MR) is 78.0 cm³/mol. The van der Waals surface area contributed by atoms with Crippen molar-refractivity contribution in [2.45, 2.75) is 19.3 Å². The zero-order valence-electron chi connectivity index (χ0n) is 11.1. The number of hydrogen-bond acceptors (Lipinski definition) is 5. The van der Waals surface area contributed by atoms with Crippen LogP contribution in [0.2, 0.25) is 0 Å². The molecule has 1 aromatic heterocycles. The van der Waals surface area contributed by atoms with Gasteiger partial charge in [0.2, 0.25) is 5.95 Å². The van der Waals surface area contributed by atoms with Gasteiger partial charge in [-0.1, -0.05) is 18.6 Å². The number of para-hydroxylation sites is 1. The molecule has 1 heterocycles. The highest BCUT2D eigenvalue weighted by Gasteiger charge is 2.21. The summed E-state index contributed by atoms with van der Waals surface area (Å²) in [6.07, 6.45) is 4.02. The molecule has 1 fully saturated rings. The molecule has 0 atom stereocenters. The van der Waals surface area contributed by atoms with Crippen LogP contribution in [0.4, 0.5) is 11.8 Å². The van der Waals surface area contributed by atoms with Crippen molar-refractivity contribution in [3.05, 3.63) is 24.3 Å². The number of fused-ring (bicyclic) bond motifs is 1. The molecule has 0 amide bonds. The van der Waals surface area contributed by atoms with Crippen molar-refractivity contribution in [3.63, 3.8) is 0 Å². The molecule has 5 nitrogen and oxygen atoms in total. The number of nitrogens with two attached hydrogens (primary N) is 1. The number of rotatable bonds is 4. The molecule has 1 aromatic carbocycles. The summed E-state index contributed by atoms with van der Waals surface area (Å²) in [5.74, 6) is 7.67. The molecule has 0 bridgehead atoms. The third-order valence-electron chi connectivity index (χ3n) is 3.83. The lowest BCUT2D eigenvalue weighted by Crippen LogP contribution is -2.30. The maximum Gasteiger partial charge on any atom is 0.239 e. The van der Waals surface area contributed by atoms with Crippen LogP contribution in [-0.4, -0.2) is 23.6 Å². The number of benzene rings is 1. The Bertz CT molecular complexity index is 579. The van der Waals surface area contributed by atoms with Gasteiger partial charge < -0.3 is 4.90 Å². The largest absolute Gasteiger partial charge is 0.359 e. The van der Waals surface area contributed by atoms with Gasteiger partial charge in [0.1, 0.15) is 5.82 Å². The quantitative estimate of drug-likeness (QED) is 0.649. The molecule has 5 heteroatoms. The van der Waals surface area contributed by atoms with E-state index >= 15 is 0 Å². The maximum absolute atomic E-state index is 5.45. The summed E-state index contributed by atoms with van der Waals surface area (Å²) in [7, 11) is 2.09. The smallest absolute Gasteiger partial charge is 0.239 e. The van der Waals surface area contributed by atoms with Crippen molar-refractivity contribution in [2.24, 2.45) is 11.8 Å². The normalized spacial score (nSPS) is 15.3. The SMILES string of the molecule is CN(CC1CCC1)c1nc(NN)nc2ccccc12. The lowest BCUT2D eigenvalue weighted by Gasteiger charge is -2.31. The van der Waals surface area contributed by atoms with Crippen LogP contribution in [0, 0.1) is 5.92 Å². The van der Waals surface area contributed by atoms with Crippen LogP contribution in [0.25, 0.3) is 10.9 Å². The summed E-state index contributed by atoms with van der Waals surface area (Å²) in [5, 5.41) is 1.07. The van der Waals surface area contributed by atoms with Gasteiger partial charge in [0.05, 0.1) is 5.52 Å². The van der Waals surface area contributed by atoms with Crippen LogP contribution in [-0.2, 0) is 0 Å². The van der Waals surface area contributed by atoms with E-state index in [1.807, 2.05) is 18.2 Å². The Morgan fingerprint density at radius 3 is 2.79 bits per heavy atom. The second-order valence-electron chi connectivity index (χ2n) is 5.21. The van der Waals surface area contributed by atoms with Gasteiger partial charge in [0.25, 0.3) is 0 Å². The van der Waals surface area contributed by atoms with Gasteiger partial charge in [-0.2, -0.15) is 4.98 Å². The summed E-state index contributed by atoms with van der Waals surface area (Å²) in [6.45, 7) is 1.05. The van der Waals surface area contributed by atoms with Crippen LogP contribution in [0.5, 0.6) is 0 Å². The molecule has 3 N–H and O–H groups in total. The Morgan fingerprint density at radius 2 is 2.11 bits per heavy atom. The first-order valence-electron chi connectivity index (χ1n) is 6.72. The Labute approximate surface area is 112 Å². The Balaban J connectivity index is 1.99. The van der Waals surface area contributed by atoms with Crippen molar-refractivity contribution < 1.29 is 0 Å². The van der Waals surface area contributed by atoms with Gasteiger partial charge in [0.15, 0.2) is 0 Å². The average Bonchev–Trinajstić information content (AvgIpc) is 2.41. The highest BCUT2D eigenvalue weighted by Crippen LogP contribution is 2.30. The number of nitrogens with one attached hydrogen (secondary N) is 1. The molecular formula is C14H19N5. The Morgan fingerprint density at radius 1 is 1.32 bits per heavy atom. The lowest BCUT2D eigenvalue weighted by molar-refractivity contribution is 0.321. The topological polar surface area (TPSA) is 67.1 Å². The molecule has 1 saturated carbocycles. The zero-order valence-corrected chi connectivity index (χ0v) is 11.1. The third kappa shape index (κ3) is 2.33. The highest BCUT2D eigenvalue weighted by molar-refractivity contribution is 5.90. The number of hydrogen-bond donors (Lipinski definition) is 2. The Kier molecular flexibility index (Phi) is 3.21. The predicted octanol–water partition coefficient (Wildman–Crippen LogP) is 2.15. The molecule has 0 aliphatic heterocycles. The van der Waals surface area contributed by atoms with Crippen LogP contribution in [0.1, 0.15) is 19.3 Å². The van der Waals surface area contributed by atoms with E-state index in [2.05, 4.69) is 33.4 Å². The van der Waals surface area contributed by atoms with Gasteiger partial charge >= 0.3 is 0 Å². The summed E-state index contributed by atoms with van der Waals surface area (Å²) in [5.41, 5.74) is 3.46. The first-order valence-corrected chi connectivity index (χ1v) is 6.72. The molecule has 0 saturated heterocycles. The molecule has 19 heavy (non-hydrogen) atoms. The van der Waals surface area contributed by atoms with Crippen molar-refractivity contribution in [1.82, 2.24) is 9.97 Å². The Hall–Kier alpha value is -1.88. The molecule has 2 aromatic rings. The molecule has 0 spiro atoms. The fourth-order valence-corrected chi connectivity index (χ4v) is 2.56.